The SMILES string of the molecule is CC(C)C(CO)N(Cc1ccccc1)Cc1nncn1C. The van der Waals surface area contributed by atoms with Crippen molar-refractivity contribution in [2.75, 3.05) is 6.61 Å². The van der Waals surface area contributed by atoms with E-state index in [2.05, 4.69) is 41.1 Å². The number of nitrogens with zero attached hydrogens (tertiary/aromatic N) is 4. The highest BCUT2D eigenvalue weighted by atomic mass is 16.3. The van der Waals surface area contributed by atoms with Crippen LogP contribution in [0.15, 0.2) is 36.7 Å². The molecule has 21 heavy (non-hydrogen) atoms. The maximum absolute atomic E-state index is 9.76. The summed E-state index contributed by atoms with van der Waals surface area (Å²) in [6.45, 7) is 5.87. The van der Waals surface area contributed by atoms with Gasteiger partial charge in [0, 0.05) is 19.6 Å². The molecule has 0 amide bonds. The zero-order valence-corrected chi connectivity index (χ0v) is 13.0. The quantitative estimate of drug-likeness (QED) is 0.844. The number of rotatable bonds is 7. The summed E-state index contributed by atoms with van der Waals surface area (Å²) in [5.74, 6) is 1.27. The predicted octanol–water partition coefficient (Wildman–Crippen LogP) is 1.83. The number of benzene rings is 1. The van der Waals surface area contributed by atoms with Crippen LogP contribution in [-0.2, 0) is 20.1 Å². The van der Waals surface area contributed by atoms with Crippen LogP contribution in [0.5, 0.6) is 0 Å². The largest absolute Gasteiger partial charge is 0.395 e. The van der Waals surface area contributed by atoms with E-state index in [9.17, 15) is 5.11 Å². The van der Waals surface area contributed by atoms with Crippen molar-refractivity contribution in [3.63, 3.8) is 0 Å². The van der Waals surface area contributed by atoms with Crippen molar-refractivity contribution >= 4 is 0 Å². The maximum Gasteiger partial charge on any atom is 0.146 e. The van der Waals surface area contributed by atoms with Gasteiger partial charge in [0.15, 0.2) is 0 Å². The van der Waals surface area contributed by atoms with Crippen LogP contribution in [0.25, 0.3) is 0 Å². The Balaban J connectivity index is 2.19. The minimum Gasteiger partial charge on any atom is -0.395 e. The van der Waals surface area contributed by atoms with Crippen LogP contribution in [0.4, 0.5) is 0 Å². The third-order valence-corrected chi connectivity index (χ3v) is 3.80. The van der Waals surface area contributed by atoms with Gasteiger partial charge in [-0.2, -0.15) is 0 Å². The topological polar surface area (TPSA) is 54.2 Å². The van der Waals surface area contributed by atoms with Gasteiger partial charge in [0.25, 0.3) is 0 Å². The second kappa shape index (κ2) is 7.33. The Hall–Kier alpha value is -1.72. The van der Waals surface area contributed by atoms with Crippen LogP contribution >= 0.6 is 0 Å². The molecule has 1 aromatic heterocycles. The van der Waals surface area contributed by atoms with Crippen LogP contribution in [0, 0.1) is 5.92 Å². The Morgan fingerprint density at radius 2 is 1.90 bits per heavy atom. The molecule has 2 rings (SSSR count). The third kappa shape index (κ3) is 4.12. The fourth-order valence-corrected chi connectivity index (χ4v) is 2.49. The summed E-state index contributed by atoms with van der Waals surface area (Å²) in [4.78, 5) is 2.27. The molecule has 114 valence electrons. The van der Waals surface area contributed by atoms with E-state index < -0.39 is 0 Å². The van der Waals surface area contributed by atoms with E-state index in [4.69, 9.17) is 0 Å². The standard InChI is InChI=1S/C16H24N4O/c1-13(2)15(11-21)20(9-14-7-5-4-6-8-14)10-16-18-17-12-19(16)3/h4-8,12-13,15,21H,9-11H2,1-3H3. The summed E-state index contributed by atoms with van der Waals surface area (Å²) >= 11 is 0. The van der Waals surface area contributed by atoms with Crippen molar-refractivity contribution in [2.45, 2.75) is 33.0 Å². The molecule has 1 atom stereocenters. The normalized spacial score (nSPS) is 13.0. The van der Waals surface area contributed by atoms with Gasteiger partial charge in [0.1, 0.15) is 12.2 Å². The second-order valence-electron chi connectivity index (χ2n) is 5.74. The third-order valence-electron chi connectivity index (χ3n) is 3.80. The number of aryl methyl sites for hydroxylation is 1. The lowest BCUT2D eigenvalue weighted by Gasteiger charge is -2.32. The average Bonchev–Trinajstić information content (AvgIpc) is 2.85. The molecule has 0 saturated carbocycles. The number of aromatic nitrogens is 3. The first-order valence-electron chi connectivity index (χ1n) is 7.33. The molecule has 2 aromatic rings. The molecule has 0 spiro atoms. The molecule has 0 fully saturated rings. The Morgan fingerprint density at radius 3 is 2.43 bits per heavy atom. The van der Waals surface area contributed by atoms with Crippen LogP contribution in [-0.4, -0.2) is 37.4 Å². The molecule has 5 heteroatoms. The van der Waals surface area contributed by atoms with Gasteiger partial charge in [-0.3, -0.25) is 4.90 Å². The van der Waals surface area contributed by atoms with E-state index in [1.165, 1.54) is 5.56 Å². The van der Waals surface area contributed by atoms with E-state index >= 15 is 0 Å². The highest BCUT2D eigenvalue weighted by Crippen LogP contribution is 2.17. The summed E-state index contributed by atoms with van der Waals surface area (Å²) in [5, 5.41) is 17.9. The zero-order valence-electron chi connectivity index (χ0n) is 13.0. The van der Waals surface area contributed by atoms with E-state index in [1.807, 2.05) is 29.8 Å². The van der Waals surface area contributed by atoms with E-state index in [1.54, 1.807) is 6.33 Å². The highest BCUT2D eigenvalue weighted by molar-refractivity contribution is 5.14. The molecule has 0 aliphatic heterocycles. The van der Waals surface area contributed by atoms with Gasteiger partial charge >= 0.3 is 0 Å². The zero-order chi connectivity index (χ0) is 15.2. The van der Waals surface area contributed by atoms with Gasteiger partial charge in [-0.25, -0.2) is 0 Å². The number of hydrogen-bond acceptors (Lipinski definition) is 4. The van der Waals surface area contributed by atoms with Crippen molar-refractivity contribution in [1.29, 1.82) is 0 Å². The highest BCUT2D eigenvalue weighted by Gasteiger charge is 2.23. The van der Waals surface area contributed by atoms with Gasteiger partial charge < -0.3 is 9.67 Å². The lowest BCUT2D eigenvalue weighted by molar-refractivity contribution is 0.0755. The fraction of sp³-hybridized carbons (Fsp3) is 0.500. The van der Waals surface area contributed by atoms with Gasteiger partial charge in [-0.15, -0.1) is 10.2 Å². The molecule has 1 aromatic carbocycles. The van der Waals surface area contributed by atoms with Gasteiger partial charge in [0.2, 0.25) is 0 Å². The average molecular weight is 288 g/mol. The number of aliphatic hydroxyl groups excluding tert-OH is 1. The van der Waals surface area contributed by atoms with Crippen molar-refractivity contribution in [3.8, 4) is 0 Å². The minimum atomic E-state index is 0.0990. The first-order chi connectivity index (χ1) is 10.1. The van der Waals surface area contributed by atoms with Crippen LogP contribution in [0.2, 0.25) is 0 Å². The van der Waals surface area contributed by atoms with Crippen LogP contribution in [0.1, 0.15) is 25.2 Å². The first-order valence-corrected chi connectivity index (χ1v) is 7.33. The molecule has 0 aliphatic rings. The number of hydrogen-bond donors (Lipinski definition) is 1. The monoisotopic (exact) mass is 288 g/mol. The Kier molecular flexibility index (Phi) is 5.47. The smallest absolute Gasteiger partial charge is 0.146 e. The molecule has 0 saturated heterocycles. The van der Waals surface area contributed by atoms with E-state index in [-0.39, 0.29) is 12.6 Å². The van der Waals surface area contributed by atoms with Gasteiger partial charge in [-0.05, 0) is 11.5 Å². The summed E-state index contributed by atoms with van der Waals surface area (Å²) in [5.41, 5.74) is 1.23. The molecule has 1 heterocycles. The molecule has 1 unspecified atom stereocenters. The van der Waals surface area contributed by atoms with Gasteiger partial charge in [0.05, 0.1) is 13.2 Å². The summed E-state index contributed by atoms with van der Waals surface area (Å²) in [7, 11) is 1.94. The Morgan fingerprint density at radius 1 is 1.19 bits per heavy atom. The molecular formula is C16H24N4O. The van der Waals surface area contributed by atoms with E-state index in [0.29, 0.717) is 12.5 Å². The van der Waals surface area contributed by atoms with Crippen LogP contribution in [0.3, 0.4) is 0 Å². The van der Waals surface area contributed by atoms with Crippen molar-refractivity contribution in [2.24, 2.45) is 13.0 Å². The lowest BCUT2D eigenvalue weighted by Crippen LogP contribution is -2.41. The molecule has 5 nitrogen and oxygen atoms in total. The summed E-state index contributed by atoms with van der Waals surface area (Å²) in [6.07, 6.45) is 1.71. The van der Waals surface area contributed by atoms with Crippen molar-refractivity contribution in [1.82, 2.24) is 19.7 Å². The lowest BCUT2D eigenvalue weighted by atomic mass is 10.0. The maximum atomic E-state index is 9.76. The molecule has 0 bridgehead atoms. The fourth-order valence-electron chi connectivity index (χ4n) is 2.49. The van der Waals surface area contributed by atoms with Crippen molar-refractivity contribution in [3.05, 3.63) is 48.0 Å². The van der Waals surface area contributed by atoms with Crippen molar-refractivity contribution < 1.29 is 5.11 Å². The van der Waals surface area contributed by atoms with Crippen LogP contribution < -0.4 is 0 Å². The summed E-state index contributed by atoms with van der Waals surface area (Å²) in [6, 6.07) is 10.4. The van der Waals surface area contributed by atoms with Gasteiger partial charge in [-0.1, -0.05) is 44.2 Å². The predicted molar refractivity (Wildman–Crippen MR) is 82.4 cm³/mol. The van der Waals surface area contributed by atoms with E-state index in [0.717, 1.165) is 12.4 Å². The Bertz CT molecular complexity index is 538. The minimum absolute atomic E-state index is 0.0990. The Labute approximate surface area is 126 Å². The summed E-state index contributed by atoms with van der Waals surface area (Å²) < 4.78 is 1.92. The first kappa shape index (κ1) is 15.7. The molecular weight excluding hydrogens is 264 g/mol. The molecule has 0 aliphatic carbocycles. The second-order valence-corrected chi connectivity index (χ2v) is 5.74. The molecule has 1 N–H and O–H groups in total. The number of aliphatic hydroxyl groups is 1. The molecule has 0 radical (unpaired) electrons.